The molecule has 0 atom stereocenters. The summed E-state index contributed by atoms with van der Waals surface area (Å²) in [6.45, 7) is 0.853. The Labute approximate surface area is 132 Å². The van der Waals surface area contributed by atoms with Crippen LogP contribution in [-0.2, 0) is 4.79 Å². The molecule has 2 rings (SSSR count). The lowest BCUT2D eigenvalue weighted by atomic mass is 9.95. The van der Waals surface area contributed by atoms with Crippen LogP contribution in [0.4, 0.5) is 5.69 Å². The molecule has 0 bridgehead atoms. The second-order valence-corrected chi connectivity index (χ2v) is 5.51. The van der Waals surface area contributed by atoms with E-state index in [1.54, 1.807) is 11.9 Å². The van der Waals surface area contributed by atoms with E-state index < -0.39 is 4.92 Å². The molecule has 1 N–H and O–H groups in total. The Bertz CT molecular complexity index is 612. The summed E-state index contributed by atoms with van der Waals surface area (Å²) in [5, 5.41) is 13.6. The molecule has 0 radical (unpaired) electrons. The summed E-state index contributed by atoms with van der Waals surface area (Å²) in [6.07, 6.45) is 1.13. The molecular formula is C14H16ClN3O4. The van der Waals surface area contributed by atoms with Crippen molar-refractivity contribution in [2.75, 3.05) is 20.1 Å². The van der Waals surface area contributed by atoms with E-state index in [9.17, 15) is 19.7 Å². The van der Waals surface area contributed by atoms with Crippen molar-refractivity contribution in [3.05, 3.63) is 38.9 Å². The number of benzene rings is 1. The first-order valence-electron chi connectivity index (χ1n) is 6.89. The van der Waals surface area contributed by atoms with Crippen molar-refractivity contribution in [3.8, 4) is 0 Å². The van der Waals surface area contributed by atoms with Crippen molar-refractivity contribution in [3.63, 3.8) is 0 Å². The number of nitrogens with one attached hydrogen (secondary N) is 1. The lowest BCUT2D eigenvalue weighted by Crippen LogP contribution is -2.42. The topological polar surface area (TPSA) is 92.6 Å². The van der Waals surface area contributed by atoms with Crippen molar-refractivity contribution >= 4 is 29.1 Å². The van der Waals surface area contributed by atoms with Gasteiger partial charge in [0.25, 0.3) is 11.6 Å². The van der Waals surface area contributed by atoms with Gasteiger partial charge in [-0.1, -0.05) is 11.6 Å². The molecule has 1 saturated heterocycles. The second kappa shape index (κ2) is 6.74. The number of nitrogens with zero attached hydrogens (tertiary/aromatic N) is 2. The fraction of sp³-hybridized carbons (Fsp3) is 0.429. The molecule has 1 aliphatic rings. The van der Waals surface area contributed by atoms with E-state index in [1.807, 2.05) is 0 Å². The van der Waals surface area contributed by atoms with E-state index in [0.29, 0.717) is 25.9 Å². The number of carbonyl (C=O) groups is 2. The lowest BCUT2D eigenvalue weighted by Gasteiger charge is -2.31. The third-order valence-electron chi connectivity index (χ3n) is 3.79. The maximum Gasteiger partial charge on any atom is 0.270 e. The van der Waals surface area contributed by atoms with Gasteiger partial charge in [-0.05, 0) is 18.9 Å². The van der Waals surface area contributed by atoms with E-state index in [-0.39, 0.29) is 34.0 Å². The van der Waals surface area contributed by atoms with Crippen LogP contribution in [0.5, 0.6) is 0 Å². The highest BCUT2D eigenvalue weighted by Gasteiger charge is 2.28. The highest BCUT2D eigenvalue weighted by molar-refractivity contribution is 6.33. The number of likely N-dealkylation sites (tertiary alicyclic amines) is 1. The molecule has 0 unspecified atom stereocenters. The maximum absolute atomic E-state index is 12.5. The van der Waals surface area contributed by atoms with Crippen molar-refractivity contribution in [2.24, 2.45) is 5.92 Å². The van der Waals surface area contributed by atoms with E-state index in [1.165, 1.54) is 18.2 Å². The summed E-state index contributed by atoms with van der Waals surface area (Å²) in [5.74, 6) is -0.473. The number of nitro benzene ring substituents is 1. The minimum absolute atomic E-state index is 0.0273. The van der Waals surface area contributed by atoms with Crippen LogP contribution in [0.25, 0.3) is 0 Å². The van der Waals surface area contributed by atoms with E-state index in [0.717, 1.165) is 0 Å². The lowest BCUT2D eigenvalue weighted by molar-refractivity contribution is -0.384. The Morgan fingerprint density at radius 2 is 2.00 bits per heavy atom. The average molecular weight is 326 g/mol. The molecule has 0 saturated carbocycles. The fourth-order valence-corrected chi connectivity index (χ4v) is 2.71. The molecular weight excluding hydrogens is 310 g/mol. The number of nitro groups is 1. The molecule has 1 aromatic rings. The zero-order valence-corrected chi connectivity index (χ0v) is 12.8. The third-order valence-corrected chi connectivity index (χ3v) is 4.12. The van der Waals surface area contributed by atoms with Crippen LogP contribution in [0.3, 0.4) is 0 Å². The van der Waals surface area contributed by atoms with Crippen LogP contribution in [0.1, 0.15) is 23.2 Å². The van der Waals surface area contributed by atoms with Crippen molar-refractivity contribution in [1.29, 1.82) is 0 Å². The monoisotopic (exact) mass is 325 g/mol. The van der Waals surface area contributed by atoms with Gasteiger partial charge < -0.3 is 10.2 Å². The zero-order chi connectivity index (χ0) is 16.3. The molecule has 1 aromatic carbocycles. The Hall–Kier alpha value is -2.15. The van der Waals surface area contributed by atoms with Gasteiger partial charge in [0.15, 0.2) is 0 Å². The van der Waals surface area contributed by atoms with Gasteiger partial charge in [0, 0.05) is 38.2 Å². The molecule has 22 heavy (non-hydrogen) atoms. The minimum Gasteiger partial charge on any atom is -0.359 e. The Morgan fingerprint density at radius 3 is 2.55 bits per heavy atom. The molecule has 8 heteroatoms. The smallest absolute Gasteiger partial charge is 0.270 e. The van der Waals surface area contributed by atoms with Crippen molar-refractivity contribution in [2.45, 2.75) is 12.8 Å². The standard InChI is InChI=1S/C14H16ClN3O4/c1-16-13(19)9-4-6-17(7-5-9)14(20)11-8-10(18(21)22)2-3-12(11)15/h2-3,8-9H,4-7H2,1H3,(H,16,19). The van der Waals surface area contributed by atoms with Gasteiger partial charge in [0.1, 0.15) is 0 Å². The predicted molar refractivity (Wildman–Crippen MR) is 80.8 cm³/mol. The van der Waals surface area contributed by atoms with E-state index >= 15 is 0 Å². The summed E-state index contributed by atoms with van der Waals surface area (Å²) in [5.41, 5.74) is -0.0535. The van der Waals surface area contributed by atoms with E-state index in [4.69, 9.17) is 11.6 Å². The number of hydrogen-bond acceptors (Lipinski definition) is 4. The molecule has 2 amide bonds. The molecule has 0 spiro atoms. The molecule has 0 aromatic heterocycles. The summed E-state index contributed by atoms with van der Waals surface area (Å²) >= 11 is 5.98. The van der Waals surface area contributed by atoms with Crippen LogP contribution < -0.4 is 5.32 Å². The quantitative estimate of drug-likeness (QED) is 0.678. The summed E-state index contributed by atoms with van der Waals surface area (Å²) in [7, 11) is 1.59. The van der Waals surface area contributed by atoms with Gasteiger partial charge in [0.05, 0.1) is 15.5 Å². The number of rotatable bonds is 3. The number of halogens is 1. The first-order chi connectivity index (χ1) is 10.4. The Balaban J connectivity index is 2.11. The third kappa shape index (κ3) is 3.36. The second-order valence-electron chi connectivity index (χ2n) is 5.10. The molecule has 0 aliphatic carbocycles. The first kappa shape index (κ1) is 16.2. The number of carbonyl (C=O) groups excluding carboxylic acids is 2. The van der Waals surface area contributed by atoms with Gasteiger partial charge in [-0.15, -0.1) is 0 Å². The molecule has 1 fully saturated rings. The minimum atomic E-state index is -0.565. The van der Waals surface area contributed by atoms with Crippen LogP contribution in [0, 0.1) is 16.0 Å². The number of amides is 2. The highest BCUT2D eigenvalue weighted by Crippen LogP contribution is 2.25. The van der Waals surface area contributed by atoms with Gasteiger partial charge in [-0.2, -0.15) is 0 Å². The van der Waals surface area contributed by atoms with Gasteiger partial charge in [-0.25, -0.2) is 0 Å². The van der Waals surface area contributed by atoms with Crippen LogP contribution >= 0.6 is 11.6 Å². The van der Waals surface area contributed by atoms with Crippen LogP contribution in [0.2, 0.25) is 5.02 Å². The summed E-state index contributed by atoms with van der Waals surface area (Å²) in [6, 6.07) is 3.80. The Morgan fingerprint density at radius 1 is 1.36 bits per heavy atom. The van der Waals surface area contributed by atoms with Crippen molar-refractivity contribution in [1.82, 2.24) is 10.2 Å². The number of hydrogen-bond donors (Lipinski definition) is 1. The number of non-ortho nitro benzene ring substituents is 1. The fourth-order valence-electron chi connectivity index (χ4n) is 2.51. The number of piperidine rings is 1. The van der Waals surface area contributed by atoms with Crippen molar-refractivity contribution < 1.29 is 14.5 Å². The van der Waals surface area contributed by atoms with Crippen LogP contribution in [-0.4, -0.2) is 41.8 Å². The summed E-state index contributed by atoms with van der Waals surface area (Å²) < 4.78 is 0. The van der Waals surface area contributed by atoms with Gasteiger partial charge in [0.2, 0.25) is 5.91 Å². The molecule has 1 heterocycles. The van der Waals surface area contributed by atoms with Crippen LogP contribution in [0.15, 0.2) is 18.2 Å². The van der Waals surface area contributed by atoms with Gasteiger partial charge >= 0.3 is 0 Å². The molecule has 1 aliphatic heterocycles. The largest absolute Gasteiger partial charge is 0.359 e. The highest BCUT2D eigenvalue weighted by atomic mass is 35.5. The maximum atomic E-state index is 12.5. The average Bonchev–Trinajstić information content (AvgIpc) is 2.53. The van der Waals surface area contributed by atoms with Gasteiger partial charge in [-0.3, -0.25) is 19.7 Å². The van der Waals surface area contributed by atoms with E-state index in [2.05, 4.69) is 5.32 Å². The summed E-state index contributed by atoms with van der Waals surface area (Å²) in [4.78, 5) is 35.9. The SMILES string of the molecule is CNC(=O)C1CCN(C(=O)c2cc([N+](=O)[O-])ccc2Cl)CC1. The Kier molecular flexibility index (Phi) is 4.97. The normalized spacial score (nSPS) is 15.5. The molecule has 7 nitrogen and oxygen atoms in total. The molecule has 118 valence electrons. The zero-order valence-electron chi connectivity index (χ0n) is 12.0. The first-order valence-corrected chi connectivity index (χ1v) is 7.26. The predicted octanol–water partition coefficient (Wildman–Crippen LogP) is 1.85.